The number of benzene rings is 1. The fourth-order valence-corrected chi connectivity index (χ4v) is 9.60. The first-order chi connectivity index (χ1) is 17.9. The van der Waals surface area contributed by atoms with Crippen LogP contribution in [0.1, 0.15) is 101 Å². The summed E-state index contributed by atoms with van der Waals surface area (Å²) < 4.78 is 20.3. The number of carbonyl (C=O) groups is 1. The molecule has 5 heteroatoms. The predicted octanol–water partition coefficient (Wildman–Crippen LogP) is 7.13. The number of hydrogen-bond acceptors (Lipinski definition) is 3. The number of ether oxygens (including phenoxy) is 1. The van der Waals surface area contributed by atoms with Crippen molar-refractivity contribution >= 4 is 5.91 Å². The summed E-state index contributed by atoms with van der Waals surface area (Å²) in [5, 5.41) is 12.2. The zero-order valence-electron chi connectivity index (χ0n) is 23.0. The summed E-state index contributed by atoms with van der Waals surface area (Å²) >= 11 is 0. The number of rotatable bonds is 6. The molecule has 202 valence electrons. The van der Waals surface area contributed by atoms with Gasteiger partial charge in [0.25, 0.3) is 5.91 Å². The van der Waals surface area contributed by atoms with Crippen molar-refractivity contribution in [1.82, 2.24) is 5.32 Å². The maximum atomic E-state index is 14.5. The van der Waals surface area contributed by atoms with E-state index in [1.165, 1.54) is 69.9 Å². The van der Waals surface area contributed by atoms with Gasteiger partial charge < -0.3 is 10.1 Å². The van der Waals surface area contributed by atoms with E-state index in [1.807, 2.05) is 6.07 Å². The minimum Gasteiger partial charge on any atom is -0.381 e. The number of amides is 1. The van der Waals surface area contributed by atoms with Gasteiger partial charge in [0.2, 0.25) is 0 Å². The summed E-state index contributed by atoms with van der Waals surface area (Å²) in [4.78, 5) is 13.0. The number of fused-ring (bicyclic) bond motifs is 5. The van der Waals surface area contributed by atoms with Crippen molar-refractivity contribution in [3.8, 4) is 6.07 Å². The van der Waals surface area contributed by atoms with Gasteiger partial charge in [0.1, 0.15) is 5.82 Å². The highest BCUT2D eigenvalue weighted by atomic mass is 19.1. The van der Waals surface area contributed by atoms with Crippen molar-refractivity contribution in [2.45, 2.75) is 91.0 Å². The average Bonchev–Trinajstić information content (AvgIpc) is 2.90. The van der Waals surface area contributed by atoms with Crippen molar-refractivity contribution in [2.75, 3.05) is 13.2 Å². The smallest absolute Gasteiger partial charge is 0.254 e. The lowest BCUT2D eigenvalue weighted by Gasteiger charge is -2.61. The molecule has 0 spiro atoms. The van der Waals surface area contributed by atoms with Gasteiger partial charge in [-0.3, -0.25) is 4.79 Å². The van der Waals surface area contributed by atoms with Crippen LogP contribution in [0, 0.1) is 64.0 Å². The van der Waals surface area contributed by atoms with Gasteiger partial charge in [-0.1, -0.05) is 13.3 Å². The van der Waals surface area contributed by atoms with Gasteiger partial charge in [-0.15, -0.1) is 0 Å². The number of halogens is 1. The molecular weight excluding hydrogens is 463 g/mol. The van der Waals surface area contributed by atoms with Crippen LogP contribution in [0.15, 0.2) is 18.2 Å². The van der Waals surface area contributed by atoms with Crippen LogP contribution in [0.4, 0.5) is 4.39 Å². The van der Waals surface area contributed by atoms with Gasteiger partial charge in [-0.05, 0) is 137 Å². The van der Waals surface area contributed by atoms with E-state index in [1.54, 1.807) is 0 Å². The Morgan fingerprint density at radius 2 is 1.97 bits per heavy atom. The van der Waals surface area contributed by atoms with Gasteiger partial charge in [0.05, 0.1) is 17.2 Å². The Labute approximate surface area is 222 Å². The Kier molecular flexibility index (Phi) is 7.96. The number of nitriles is 1. The summed E-state index contributed by atoms with van der Waals surface area (Å²) in [7, 11) is 0. The van der Waals surface area contributed by atoms with Crippen LogP contribution in [0.2, 0.25) is 0 Å². The number of carbonyl (C=O) groups excluding carboxylic acids is 1. The summed E-state index contributed by atoms with van der Waals surface area (Å²) in [6.07, 6.45) is 13.1. The Bertz CT molecular complexity index is 1020. The van der Waals surface area contributed by atoms with Crippen LogP contribution >= 0.6 is 0 Å². The summed E-state index contributed by atoms with van der Waals surface area (Å²) in [6, 6.07) is 6.04. The first-order valence-electron chi connectivity index (χ1n) is 14.9. The van der Waals surface area contributed by atoms with Crippen LogP contribution in [-0.2, 0) is 4.74 Å². The molecule has 4 aliphatic carbocycles. The highest BCUT2D eigenvalue weighted by Gasteiger charge is 2.56. The van der Waals surface area contributed by atoms with Crippen molar-refractivity contribution in [3.63, 3.8) is 0 Å². The first-order valence-corrected chi connectivity index (χ1v) is 14.9. The molecule has 0 radical (unpaired) electrons. The Morgan fingerprint density at radius 1 is 1.16 bits per heavy atom. The molecule has 0 saturated heterocycles. The molecule has 9 atom stereocenters. The summed E-state index contributed by atoms with van der Waals surface area (Å²) in [5.74, 6) is 4.42. The topological polar surface area (TPSA) is 62.1 Å². The molecule has 4 nitrogen and oxygen atoms in total. The monoisotopic (exact) mass is 508 g/mol. The van der Waals surface area contributed by atoms with E-state index in [-0.39, 0.29) is 28.5 Å². The van der Waals surface area contributed by atoms with Crippen LogP contribution in [-0.4, -0.2) is 25.2 Å². The third-order valence-corrected chi connectivity index (χ3v) is 11.2. The molecular formula is C32H45FN2O2. The lowest BCUT2D eigenvalue weighted by atomic mass is 9.44. The third kappa shape index (κ3) is 5.08. The maximum Gasteiger partial charge on any atom is 0.254 e. The highest BCUT2D eigenvalue weighted by molar-refractivity contribution is 5.94. The second-order valence-electron chi connectivity index (χ2n) is 12.9. The highest BCUT2D eigenvalue weighted by Crippen LogP contribution is 2.63. The minimum atomic E-state index is -0.621. The first kappa shape index (κ1) is 26.7. The molecule has 4 saturated carbocycles. The maximum absolute atomic E-state index is 14.5. The van der Waals surface area contributed by atoms with Crippen LogP contribution in [0.25, 0.3) is 0 Å². The van der Waals surface area contributed by atoms with Gasteiger partial charge >= 0.3 is 0 Å². The molecule has 0 bridgehead atoms. The van der Waals surface area contributed by atoms with E-state index in [4.69, 9.17) is 10.00 Å². The lowest BCUT2D eigenvalue weighted by molar-refractivity contribution is -0.117. The molecule has 5 rings (SSSR count). The van der Waals surface area contributed by atoms with Crippen molar-refractivity contribution in [2.24, 2.45) is 46.8 Å². The lowest BCUT2D eigenvalue weighted by Crippen LogP contribution is -2.56. The standard InChI is InChI=1S/C32H45FN2O2/c1-4-37-19-22-9-11-24-23(16-22)10-13-26-25(24)14-15-32(3)28(6-5-7-29(26)32)20(2)35-31(36)27-12-8-21(18-34)17-30(27)33/h8,12,17,20,22-26,28-29H,4-7,9-11,13-16,19H2,1-3H3,(H,35,36)/t20-,22-,23?,24-,25?,26+,28+,29?,32+/m0/s1. The molecule has 0 aliphatic heterocycles. The fraction of sp³-hybridized carbons (Fsp3) is 0.750. The molecule has 3 unspecified atom stereocenters. The van der Waals surface area contributed by atoms with Crippen molar-refractivity contribution in [3.05, 3.63) is 35.1 Å². The molecule has 4 aliphatic rings. The number of nitrogens with one attached hydrogen (secondary N) is 1. The van der Waals surface area contributed by atoms with Crippen LogP contribution in [0.5, 0.6) is 0 Å². The minimum absolute atomic E-state index is 0.00256. The Balaban J connectivity index is 1.26. The molecule has 1 aromatic rings. The third-order valence-electron chi connectivity index (χ3n) is 11.2. The van der Waals surface area contributed by atoms with Gasteiger partial charge in [0.15, 0.2) is 0 Å². The van der Waals surface area contributed by atoms with E-state index in [0.29, 0.717) is 5.92 Å². The Morgan fingerprint density at radius 3 is 2.73 bits per heavy atom. The molecule has 0 aromatic heterocycles. The second-order valence-corrected chi connectivity index (χ2v) is 12.9. The normalized spacial score (nSPS) is 37.9. The molecule has 4 fully saturated rings. The van der Waals surface area contributed by atoms with Gasteiger partial charge in [-0.25, -0.2) is 4.39 Å². The molecule has 0 heterocycles. The summed E-state index contributed by atoms with van der Waals surface area (Å²) in [5.41, 5.74) is 0.498. The zero-order valence-corrected chi connectivity index (χ0v) is 23.0. The number of hydrogen-bond donors (Lipinski definition) is 1. The quantitative estimate of drug-likeness (QED) is 0.445. The molecule has 37 heavy (non-hydrogen) atoms. The van der Waals surface area contributed by atoms with Crippen molar-refractivity contribution < 1.29 is 13.9 Å². The molecule has 1 N–H and O–H groups in total. The van der Waals surface area contributed by atoms with E-state index < -0.39 is 5.82 Å². The fourth-order valence-electron chi connectivity index (χ4n) is 9.60. The number of nitrogens with zero attached hydrogens (tertiary/aromatic N) is 1. The zero-order chi connectivity index (χ0) is 26.2. The van der Waals surface area contributed by atoms with Crippen molar-refractivity contribution in [1.29, 1.82) is 5.26 Å². The SMILES string of the molecule is CCOC[C@H]1CC[C@H]2C(CC[C@@H]3C2CC[C@@]2(C)C3CCC[C@@H]2[C@H](C)NC(=O)c2ccc(C#N)cc2F)C1. The Hall–Kier alpha value is -1.93. The van der Waals surface area contributed by atoms with Crippen LogP contribution in [0.3, 0.4) is 0 Å². The van der Waals surface area contributed by atoms with E-state index in [2.05, 4.69) is 26.1 Å². The van der Waals surface area contributed by atoms with E-state index in [9.17, 15) is 9.18 Å². The van der Waals surface area contributed by atoms with Crippen LogP contribution < -0.4 is 5.32 Å². The second kappa shape index (κ2) is 11.0. The molecule has 1 aromatic carbocycles. The summed E-state index contributed by atoms with van der Waals surface area (Å²) in [6.45, 7) is 8.52. The predicted molar refractivity (Wildman–Crippen MR) is 143 cm³/mol. The molecule has 1 amide bonds. The van der Waals surface area contributed by atoms with E-state index in [0.717, 1.165) is 61.2 Å². The van der Waals surface area contributed by atoms with Gasteiger partial charge in [-0.2, -0.15) is 5.26 Å². The van der Waals surface area contributed by atoms with E-state index >= 15 is 0 Å². The average molecular weight is 509 g/mol. The van der Waals surface area contributed by atoms with Gasteiger partial charge in [0, 0.05) is 19.3 Å². The largest absolute Gasteiger partial charge is 0.381 e.